The zero-order valence-corrected chi connectivity index (χ0v) is 14.3. The van der Waals surface area contributed by atoms with Crippen LogP contribution in [0.2, 0.25) is 0 Å². The molecule has 4 nitrogen and oxygen atoms in total. The molecule has 0 aliphatic heterocycles. The molecule has 0 unspecified atom stereocenters. The van der Waals surface area contributed by atoms with Crippen molar-refractivity contribution in [1.29, 1.82) is 0 Å². The number of halogens is 2. The van der Waals surface area contributed by atoms with Crippen molar-refractivity contribution >= 4 is 57.1 Å². The van der Waals surface area contributed by atoms with E-state index in [2.05, 4.69) is 0 Å². The van der Waals surface area contributed by atoms with Gasteiger partial charge in [-0.05, 0) is 71.2 Å². The van der Waals surface area contributed by atoms with Crippen molar-refractivity contribution in [2.75, 3.05) is 13.2 Å². The Hall–Kier alpha value is -0.380. The number of hydrogen-bond acceptors (Lipinski definition) is 4. The summed E-state index contributed by atoms with van der Waals surface area (Å²) in [6, 6.07) is 3.29. The second-order valence-electron chi connectivity index (χ2n) is 3.25. The predicted molar refractivity (Wildman–Crippen MR) is 83.8 cm³/mol. The standard InChI is InChI=1S/C12H12I2O4/c1-3-17-11(15)7-5-8(12(16)18-4-2)10(14)6-9(7)13/h5-6H,3-4H2,1-2H3. The van der Waals surface area contributed by atoms with Gasteiger partial charge in [0.25, 0.3) is 0 Å². The summed E-state index contributed by atoms with van der Waals surface area (Å²) in [4.78, 5) is 23.5. The van der Waals surface area contributed by atoms with E-state index >= 15 is 0 Å². The fourth-order valence-electron chi connectivity index (χ4n) is 1.28. The van der Waals surface area contributed by atoms with E-state index in [0.717, 1.165) is 7.14 Å². The Labute approximate surface area is 133 Å². The molecule has 1 rings (SSSR count). The van der Waals surface area contributed by atoms with Crippen molar-refractivity contribution in [1.82, 2.24) is 0 Å². The summed E-state index contributed by atoms with van der Waals surface area (Å²) in [5.41, 5.74) is 0.779. The molecule has 0 fully saturated rings. The molecule has 0 spiro atoms. The summed E-state index contributed by atoms with van der Waals surface area (Å²) in [5.74, 6) is -0.854. The Morgan fingerprint density at radius 3 is 1.67 bits per heavy atom. The van der Waals surface area contributed by atoms with E-state index in [-0.39, 0.29) is 0 Å². The largest absolute Gasteiger partial charge is 0.462 e. The SMILES string of the molecule is CCOC(=O)c1cc(C(=O)OCC)c(I)cc1I. The van der Waals surface area contributed by atoms with Gasteiger partial charge < -0.3 is 9.47 Å². The molecule has 0 heterocycles. The van der Waals surface area contributed by atoms with Crippen molar-refractivity contribution in [2.45, 2.75) is 13.8 Å². The number of hydrogen-bond donors (Lipinski definition) is 0. The van der Waals surface area contributed by atoms with E-state index in [1.54, 1.807) is 19.9 Å². The maximum atomic E-state index is 11.7. The topological polar surface area (TPSA) is 52.6 Å². The molecule has 98 valence electrons. The fraction of sp³-hybridized carbons (Fsp3) is 0.333. The summed E-state index contributed by atoms with van der Waals surface area (Å²) >= 11 is 4.09. The molecule has 0 amide bonds. The highest BCUT2D eigenvalue weighted by molar-refractivity contribution is 14.1. The van der Waals surface area contributed by atoms with E-state index < -0.39 is 11.9 Å². The minimum absolute atomic E-state index is 0.301. The molecule has 0 aliphatic carbocycles. The van der Waals surface area contributed by atoms with Gasteiger partial charge in [0.15, 0.2) is 0 Å². The van der Waals surface area contributed by atoms with Gasteiger partial charge in [0.1, 0.15) is 0 Å². The number of ether oxygens (including phenoxy) is 2. The van der Waals surface area contributed by atoms with Crippen LogP contribution in [0.3, 0.4) is 0 Å². The highest BCUT2D eigenvalue weighted by Crippen LogP contribution is 2.22. The van der Waals surface area contributed by atoms with Gasteiger partial charge in [-0.15, -0.1) is 0 Å². The summed E-state index contributed by atoms with van der Waals surface area (Å²) in [6.45, 7) is 4.08. The maximum Gasteiger partial charge on any atom is 0.339 e. The molecule has 0 N–H and O–H groups in total. The zero-order chi connectivity index (χ0) is 13.7. The van der Waals surface area contributed by atoms with Gasteiger partial charge in [0.05, 0.1) is 24.3 Å². The second kappa shape index (κ2) is 7.27. The first-order valence-corrected chi connectivity index (χ1v) is 7.50. The Bertz CT molecular complexity index is 432. The molecular weight excluding hydrogens is 462 g/mol. The Morgan fingerprint density at radius 2 is 1.33 bits per heavy atom. The van der Waals surface area contributed by atoms with Crippen LogP contribution >= 0.6 is 45.2 Å². The first-order valence-electron chi connectivity index (χ1n) is 5.34. The molecule has 0 aliphatic rings. The van der Waals surface area contributed by atoms with E-state index in [0.29, 0.717) is 24.3 Å². The van der Waals surface area contributed by atoms with Crippen molar-refractivity contribution in [2.24, 2.45) is 0 Å². The van der Waals surface area contributed by atoms with Crippen LogP contribution in [-0.4, -0.2) is 25.2 Å². The lowest BCUT2D eigenvalue weighted by atomic mass is 10.1. The zero-order valence-electron chi connectivity index (χ0n) is 9.96. The van der Waals surface area contributed by atoms with E-state index in [1.165, 1.54) is 6.07 Å². The molecular formula is C12H12I2O4. The van der Waals surface area contributed by atoms with Crippen molar-refractivity contribution in [3.63, 3.8) is 0 Å². The summed E-state index contributed by atoms with van der Waals surface area (Å²) in [5, 5.41) is 0. The molecule has 0 saturated heterocycles. The lowest BCUT2D eigenvalue weighted by Crippen LogP contribution is -2.12. The smallest absolute Gasteiger partial charge is 0.339 e. The van der Waals surface area contributed by atoms with Crippen molar-refractivity contribution in [3.05, 3.63) is 30.4 Å². The van der Waals surface area contributed by atoms with Crippen LogP contribution in [0.15, 0.2) is 12.1 Å². The molecule has 18 heavy (non-hydrogen) atoms. The minimum Gasteiger partial charge on any atom is -0.462 e. The highest BCUT2D eigenvalue weighted by Gasteiger charge is 2.18. The van der Waals surface area contributed by atoms with Gasteiger partial charge in [0, 0.05) is 7.14 Å². The lowest BCUT2D eigenvalue weighted by Gasteiger charge is -2.09. The average Bonchev–Trinajstić information content (AvgIpc) is 2.29. The van der Waals surface area contributed by atoms with Crippen LogP contribution in [0.1, 0.15) is 34.6 Å². The Kier molecular flexibility index (Phi) is 6.33. The highest BCUT2D eigenvalue weighted by atomic mass is 127. The van der Waals surface area contributed by atoms with Crippen molar-refractivity contribution < 1.29 is 19.1 Å². The van der Waals surface area contributed by atoms with Gasteiger partial charge in [-0.2, -0.15) is 0 Å². The van der Waals surface area contributed by atoms with Crippen LogP contribution < -0.4 is 0 Å². The molecule has 0 saturated carbocycles. The first-order chi connectivity index (χ1) is 8.51. The molecule has 0 atom stereocenters. The quantitative estimate of drug-likeness (QED) is 0.497. The van der Waals surface area contributed by atoms with E-state index in [1.807, 2.05) is 45.2 Å². The molecule has 6 heteroatoms. The molecule has 1 aromatic carbocycles. The number of esters is 2. The van der Waals surface area contributed by atoms with Crippen LogP contribution in [-0.2, 0) is 9.47 Å². The fourth-order valence-corrected chi connectivity index (χ4v) is 3.25. The molecule has 0 aromatic heterocycles. The van der Waals surface area contributed by atoms with E-state index in [4.69, 9.17) is 9.47 Å². The predicted octanol–water partition coefficient (Wildman–Crippen LogP) is 3.25. The number of carbonyl (C=O) groups is 2. The first kappa shape index (κ1) is 15.7. The second-order valence-corrected chi connectivity index (χ2v) is 5.58. The Balaban J connectivity index is 3.17. The number of rotatable bonds is 4. The third kappa shape index (κ3) is 3.81. The third-order valence-corrected chi connectivity index (χ3v) is 3.83. The summed E-state index contributed by atoms with van der Waals surface area (Å²) < 4.78 is 11.4. The van der Waals surface area contributed by atoms with Gasteiger partial charge in [-0.3, -0.25) is 0 Å². The molecule has 0 radical (unpaired) electrons. The van der Waals surface area contributed by atoms with Gasteiger partial charge in [-0.1, -0.05) is 0 Å². The van der Waals surface area contributed by atoms with Crippen LogP contribution in [0.25, 0.3) is 0 Å². The average molecular weight is 474 g/mol. The van der Waals surface area contributed by atoms with Crippen LogP contribution in [0, 0.1) is 7.14 Å². The Morgan fingerprint density at radius 1 is 0.944 bits per heavy atom. The maximum absolute atomic E-state index is 11.7. The van der Waals surface area contributed by atoms with E-state index in [9.17, 15) is 9.59 Å². The van der Waals surface area contributed by atoms with Crippen LogP contribution in [0.5, 0.6) is 0 Å². The molecule has 0 bridgehead atoms. The number of benzene rings is 1. The molecule has 1 aromatic rings. The third-order valence-electron chi connectivity index (χ3n) is 2.05. The minimum atomic E-state index is -0.427. The van der Waals surface area contributed by atoms with Gasteiger partial charge in [-0.25, -0.2) is 9.59 Å². The summed E-state index contributed by atoms with van der Waals surface area (Å²) in [7, 11) is 0. The summed E-state index contributed by atoms with van der Waals surface area (Å²) in [6.07, 6.45) is 0. The lowest BCUT2D eigenvalue weighted by molar-refractivity contribution is 0.0523. The monoisotopic (exact) mass is 474 g/mol. The van der Waals surface area contributed by atoms with Gasteiger partial charge >= 0.3 is 11.9 Å². The van der Waals surface area contributed by atoms with Crippen molar-refractivity contribution in [3.8, 4) is 0 Å². The normalized spacial score (nSPS) is 10.0. The van der Waals surface area contributed by atoms with Gasteiger partial charge in [0.2, 0.25) is 0 Å². The van der Waals surface area contributed by atoms with Crippen LogP contribution in [0.4, 0.5) is 0 Å². The number of carbonyl (C=O) groups excluding carboxylic acids is 2.